The topological polar surface area (TPSA) is 13.0 Å². The summed E-state index contributed by atoms with van der Waals surface area (Å²) in [4.78, 5) is 8.19. The first kappa shape index (κ1) is 51.7. The van der Waals surface area contributed by atoms with Crippen LogP contribution in [0.3, 0.4) is 0 Å². The Hall–Kier alpha value is 1.13. The third-order valence-electron chi connectivity index (χ3n) is 5.29. The van der Waals surface area contributed by atoms with Gasteiger partial charge in [0.1, 0.15) is 0 Å². The molecule has 0 atom stereocenters. The van der Waals surface area contributed by atoms with Crippen molar-refractivity contribution in [2.24, 2.45) is 0 Å². The molecule has 0 spiro atoms. The number of thiocarbonyl (C=S) groups is 4. The molecule has 0 aliphatic heterocycles. The van der Waals surface area contributed by atoms with Crippen LogP contribution in [0.5, 0.6) is 0 Å². The van der Waals surface area contributed by atoms with Crippen LogP contribution >= 0.6 is 48.9 Å². The van der Waals surface area contributed by atoms with E-state index in [1.165, 1.54) is 0 Å². The second-order valence-electron chi connectivity index (χ2n) is 11.4. The van der Waals surface area contributed by atoms with Crippen LogP contribution in [-0.4, -0.2) is 85.2 Å². The molecular formula is C28H56MoN4S8. The van der Waals surface area contributed by atoms with Gasteiger partial charge in [-0.3, -0.25) is 0 Å². The molecule has 0 rings (SSSR count). The number of hydrogen-bond acceptors (Lipinski definition) is 8. The Kier molecular flexibility index (Phi) is 34.6. The minimum absolute atomic E-state index is 0. The van der Waals surface area contributed by atoms with Crippen molar-refractivity contribution in [1.29, 1.82) is 0 Å². The first-order valence-corrected chi connectivity index (χ1v) is 17.1. The van der Waals surface area contributed by atoms with E-state index in [4.69, 9.17) is 99.4 Å². The zero-order valence-electron chi connectivity index (χ0n) is 28.1. The fraction of sp³-hybridized carbons (Fsp3) is 0.857. The molecule has 0 saturated carbocycles. The fourth-order valence-electron chi connectivity index (χ4n) is 4.07. The van der Waals surface area contributed by atoms with Gasteiger partial charge in [-0.2, -0.15) is 0 Å². The van der Waals surface area contributed by atoms with Crippen molar-refractivity contribution in [2.75, 3.05) is 0 Å². The van der Waals surface area contributed by atoms with Crippen LogP contribution in [-0.2, 0) is 71.6 Å². The summed E-state index contributed by atoms with van der Waals surface area (Å²) in [7, 11) is 0. The molecule has 4 nitrogen and oxygen atoms in total. The van der Waals surface area contributed by atoms with Crippen LogP contribution in [0.15, 0.2) is 0 Å². The van der Waals surface area contributed by atoms with Gasteiger partial charge in [-0.15, -0.1) is 0 Å². The quantitative estimate of drug-likeness (QED) is 0.136. The third-order valence-corrected chi connectivity index (χ3v) is 6.98. The van der Waals surface area contributed by atoms with Crippen molar-refractivity contribution in [2.45, 2.75) is 159 Å². The molecule has 0 aromatic carbocycles. The van der Waals surface area contributed by atoms with Gasteiger partial charge in [0.25, 0.3) is 0 Å². The molecule has 0 aromatic rings. The van der Waals surface area contributed by atoms with Crippen molar-refractivity contribution in [3.63, 3.8) is 0 Å². The Morgan fingerprint density at radius 1 is 0.317 bits per heavy atom. The molecule has 0 aliphatic carbocycles. The summed E-state index contributed by atoms with van der Waals surface area (Å²) < 4.78 is 2.30. The largest absolute Gasteiger partial charge is 4.00 e. The SMILES string of the molecule is CC(C)N(C(=S)[S-])C(C)C.CC(C)N(C(=S)[S-])C(C)C.CC(C)N(C(=S)[S-])C(C)C.CC(C)N(C(=S)[S-])C(C)C.[Mo+4]. The summed E-state index contributed by atoms with van der Waals surface area (Å²) in [5.41, 5.74) is 0. The van der Waals surface area contributed by atoms with Crippen molar-refractivity contribution in [3.8, 4) is 0 Å². The molecule has 0 N–H and O–H groups in total. The van der Waals surface area contributed by atoms with E-state index in [2.05, 4.69) is 111 Å². The van der Waals surface area contributed by atoms with Crippen molar-refractivity contribution in [1.82, 2.24) is 19.6 Å². The second kappa shape index (κ2) is 27.4. The van der Waals surface area contributed by atoms with Gasteiger partial charge in [0.15, 0.2) is 0 Å². The van der Waals surface area contributed by atoms with Gasteiger partial charge in [-0.05, 0) is 111 Å². The standard InChI is InChI=1S/4C7H15NS2.Mo/c4*1-5(2)8(6(3)4)7(9)10;/h4*5-6H,1-4H3,(H,9,10);/q;;;;+4/p-4. The first-order valence-electron chi connectivity index (χ1n) is 13.8. The van der Waals surface area contributed by atoms with Gasteiger partial charge in [-0.1, -0.05) is 17.3 Å². The van der Waals surface area contributed by atoms with Crippen LogP contribution in [0.2, 0.25) is 0 Å². The maximum Gasteiger partial charge on any atom is 4.00 e. The zero-order chi connectivity index (χ0) is 33.2. The van der Waals surface area contributed by atoms with Crippen LogP contribution in [0.4, 0.5) is 0 Å². The van der Waals surface area contributed by atoms with Crippen molar-refractivity contribution < 1.29 is 21.1 Å². The predicted octanol–water partition coefficient (Wildman–Crippen LogP) is 7.75. The first-order chi connectivity index (χ1) is 17.9. The summed E-state index contributed by atoms with van der Waals surface area (Å²) >= 11 is 39.3. The zero-order valence-corrected chi connectivity index (χ0v) is 36.6. The molecule has 13 heteroatoms. The van der Waals surface area contributed by atoms with E-state index in [9.17, 15) is 0 Å². The average Bonchev–Trinajstić information content (AvgIpc) is 2.64. The van der Waals surface area contributed by atoms with E-state index >= 15 is 0 Å². The van der Waals surface area contributed by atoms with E-state index in [0.29, 0.717) is 65.6 Å². The summed E-state index contributed by atoms with van der Waals surface area (Å²) in [6.07, 6.45) is 0. The molecule has 0 radical (unpaired) electrons. The number of hydrogen-bond donors (Lipinski definition) is 0. The summed E-state index contributed by atoms with van der Waals surface area (Å²) in [6, 6.07) is 3.37. The molecule has 0 saturated heterocycles. The Bertz CT molecular complexity index is 578. The van der Waals surface area contributed by atoms with Gasteiger partial charge in [0, 0.05) is 48.3 Å². The van der Waals surface area contributed by atoms with Gasteiger partial charge >= 0.3 is 21.1 Å². The van der Waals surface area contributed by atoms with Crippen LogP contribution < -0.4 is 0 Å². The van der Waals surface area contributed by atoms with Crippen molar-refractivity contribution in [3.05, 3.63) is 0 Å². The maximum atomic E-state index is 4.91. The summed E-state index contributed by atoms with van der Waals surface area (Å²) in [6.45, 7) is 33.5. The molecule has 0 bridgehead atoms. The fourth-order valence-corrected chi connectivity index (χ4v) is 7.44. The third kappa shape index (κ3) is 26.1. The molecule has 0 fully saturated rings. The minimum atomic E-state index is 0. The van der Waals surface area contributed by atoms with Gasteiger partial charge in [0.05, 0.1) is 0 Å². The van der Waals surface area contributed by atoms with Crippen LogP contribution in [0.25, 0.3) is 0 Å². The minimum Gasteiger partial charge on any atom is -0.411 e. The van der Waals surface area contributed by atoms with E-state index in [0.717, 1.165) is 0 Å². The number of rotatable bonds is 8. The normalized spacial score (nSPS) is 10.3. The van der Waals surface area contributed by atoms with E-state index < -0.39 is 0 Å². The van der Waals surface area contributed by atoms with Crippen LogP contribution in [0, 0.1) is 0 Å². The van der Waals surface area contributed by atoms with Crippen molar-refractivity contribution >= 4 is 117 Å². The Balaban J connectivity index is -0.000000139. The van der Waals surface area contributed by atoms with E-state index in [1.54, 1.807) is 0 Å². The molecule has 0 aliphatic rings. The molecule has 242 valence electrons. The Morgan fingerprint density at radius 2 is 0.390 bits per heavy atom. The molecule has 0 heterocycles. The molecule has 0 amide bonds. The number of nitrogens with zero attached hydrogens (tertiary/aromatic N) is 4. The van der Waals surface area contributed by atoms with E-state index in [-0.39, 0.29) is 21.1 Å². The molecule has 0 aromatic heterocycles. The second-order valence-corrected chi connectivity index (χ2v) is 15.6. The predicted molar refractivity (Wildman–Crippen MR) is 208 cm³/mol. The van der Waals surface area contributed by atoms with Gasteiger partial charge in [0.2, 0.25) is 0 Å². The molecular weight excluding hydrogens is 745 g/mol. The van der Waals surface area contributed by atoms with E-state index in [1.807, 2.05) is 19.6 Å². The Morgan fingerprint density at radius 3 is 0.390 bits per heavy atom. The molecule has 0 unspecified atom stereocenters. The Labute approximate surface area is 313 Å². The maximum absolute atomic E-state index is 4.91. The van der Waals surface area contributed by atoms with Crippen LogP contribution in [0.1, 0.15) is 111 Å². The van der Waals surface area contributed by atoms with Gasteiger partial charge in [-0.25, -0.2) is 0 Å². The summed E-state index contributed by atoms with van der Waals surface area (Å²) in [5, 5.41) is 0. The summed E-state index contributed by atoms with van der Waals surface area (Å²) in [5.74, 6) is 0. The molecule has 41 heavy (non-hydrogen) atoms. The monoisotopic (exact) mass is 802 g/mol. The average molecular weight is 801 g/mol. The van der Waals surface area contributed by atoms with Gasteiger partial charge < -0.3 is 119 Å². The smallest absolute Gasteiger partial charge is 0.411 e.